The van der Waals surface area contributed by atoms with E-state index in [0.717, 1.165) is 5.56 Å². The Morgan fingerprint density at radius 2 is 1.64 bits per heavy atom. The van der Waals surface area contributed by atoms with E-state index in [1.807, 2.05) is 6.07 Å². The molecule has 0 spiro atoms. The van der Waals surface area contributed by atoms with Gasteiger partial charge in [-0.25, -0.2) is 4.98 Å². The van der Waals surface area contributed by atoms with Crippen LogP contribution in [0.1, 0.15) is 0 Å². The van der Waals surface area contributed by atoms with E-state index in [9.17, 15) is 0 Å². The molecule has 0 fully saturated rings. The summed E-state index contributed by atoms with van der Waals surface area (Å²) in [5.41, 5.74) is 1.41. The average Bonchev–Trinajstić information content (AvgIpc) is 2.20. The van der Waals surface area contributed by atoms with E-state index in [1.54, 1.807) is 30.6 Å². The summed E-state index contributed by atoms with van der Waals surface area (Å²) in [6.07, 6.45) is 3.30. The second-order valence-electron chi connectivity index (χ2n) is 2.68. The zero-order valence-corrected chi connectivity index (χ0v) is 8.63. The van der Waals surface area contributed by atoms with E-state index in [-0.39, 0.29) is 0 Å². The largest absolute Gasteiger partial charge is 0.255 e. The average molecular weight is 225 g/mol. The molecule has 14 heavy (non-hydrogen) atoms. The van der Waals surface area contributed by atoms with Crippen molar-refractivity contribution in [3.63, 3.8) is 0 Å². The molecule has 0 amide bonds. The summed E-state index contributed by atoms with van der Waals surface area (Å²) in [6, 6.07) is 7.18. The van der Waals surface area contributed by atoms with E-state index in [2.05, 4.69) is 9.97 Å². The monoisotopic (exact) mass is 224 g/mol. The van der Waals surface area contributed by atoms with Gasteiger partial charge in [0.25, 0.3) is 0 Å². The van der Waals surface area contributed by atoms with Crippen LogP contribution in [0.2, 0.25) is 10.2 Å². The molecule has 0 aliphatic carbocycles. The number of pyridine rings is 2. The van der Waals surface area contributed by atoms with Gasteiger partial charge in [-0.1, -0.05) is 23.2 Å². The van der Waals surface area contributed by atoms with Crippen molar-refractivity contribution in [2.45, 2.75) is 0 Å². The molecule has 0 saturated carbocycles. The molecule has 2 heterocycles. The lowest BCUT2D eigenvalue weighted by Gasteiger charge is -2.03. The molecule has 2 aromatic rings. The minimum Gasteiger partial charge on any atom is -0.255 e. The first-order valence-corrected chi connectivity index (χ1v) is 4.76. The van der Waals surface area contributed by atoms with Gasteiger partial charge in [-0.05, 0) is 24.3 Å². The number of halogens is 2. The fourth-order valence-electron chi connectivity index (χ4n) is 1.15. The Balaban J connectivity index is 2.61. The van der Waals surface area contributed by atoms with Crippen molar-refractivity contribution in [3.8, 4) is 11.3 Å². The lowest BCUT2D eigenvalue weighted by atomic mass is 10.2. The van der Waals surface area contributed by atoms with Gasteiger partial charge in [0.15, 0.2) is 0 Å². The van der Waals surface area contributed by atoms with E-state index in [4.69, 9.17) is 23.2 Å². The fraction of sp³-hybridized carbons (Fsp3) is 0. The van der Waals surface area contributed by atoms with Crippen LogP contribution in [-0.2, 0) is 0 Å². The molecule has 0 bridgehead atoms. The van der Waals surface area contributed by atoms with Crippen molar-refractivity contribution >= 4 is 23.2 Å². The highest BCUT2D eigenvalue weighted by Gasteiger charge is 2.07. The smallest absolute Gasteiger partial charge is 0.138 e. The van der Waals surface area contributed by atoms with Crippen molar-refractivity contribution in [1.29, 1.82) is 0 Å². The molecule has 70 valence electrons. The van der Waals surface area contributed by atoms with Gasteiger partial charge in [0.2, 0.25) is 0 Å². The van der Waals surface area contributed by atoms with Gasteiger partial charge in [-0.15, -0.1) is 0 Å². The molecule has 0 atom stereocenters. The molecule has 0 radical (unpaired) electrons. The van der Waals surface area contributed by atoms with E-state index in [0.29, 0.717) is 15.9 Å². The Labute approximate surface area is 91.5 Å². The third-order valence-corrected chi connectivity index (χ3v) is 2.38. The number of hydrogen-bond donors (Lipinski definition) is 0. The molecule has 2 aromatic heterocycles. The minimum absolute atomic E-state index is 0.410. The van der Waals surface area contributed by atoms with Crippen LogP contribution in [-0.4, -0.2) is 9.97 Å². The third kappa shape index (κ3) is 1.72. The highest BCUT2D eigenvalue weighted by Crippen LogP contribution is 2.29. The van der Waals surface area contributed by atoms with Crippen LogP contribution in [0, 0.1) is 0 Å². The van der Waals surface area contributed by atoms with Crippen LogP contribution in [0.15, 0.2) is 36.7 Å². The van der Waals surface area contributed by atoms with Crippen LogP contribution in [0.5, 0.6) is 0 Å². The van der Waals surface area contributed by atoms with Gasteiger partial charge in [0.05, 0.1) is 10.7 Å². The molecule has 4 heteroatoms. The molecule has 0 aliphatic heterocycles. The molecular weight excluding hydrogens is 219 g/mol. The zero-order valence-electron chi connectivity index (χ0n) is 7.11. The normalized spacial score (nSPS) is 10.1. The predicted molar refractivity (Wildman–Crippen MR) is 57.5 cm³/mol. The van der Waals surface area contributed by atoms with Crippen LogP contribution >= 0.6 is 23.2 Å². The summed E-state index contributed by atoms with van der Waals surface area (Å²) in [5, 5.41) is 0.982. The number of aromatic nitrogens is 2. The van der Waals surface area contributed by atoms with E-state index in [1.165, 1.54) is 0 Å². The van der Waals surface area contributed by atoms with E-state index < -0.39 is 0 Å². The van der Waals surface area contributed by atoms with Crippen LogP contribution in [0.4, 0.5) is 0 Å². The quantitative estimate of drug-likeness (QED) is 0.694. The Hall–Kier alpha value is -1.12. The SMILES string of the molecule is Clc1cccnc1-c1cccnc1Cl. The van der Waals surface area contributed by atoms with Crippen molar-refractivity contribution < 1.29 is 0 Å². The van der Waals surface area contributed by atoms with E-state index >= 15 is 0 Å². The summed E-state index contributed by atoms with van der Waals surface area (Å²) in [6.45, 7) is 0. The number of rotatable bonds is 1. The molecule has 0 unspecified atom stereocenters. The summed E-state index contributed by atoms with van der Waals surface area (Å²) in [7, 11) is 0. The second-order valence-corrected chi connectivity index (χ2v) is 3.44. The molecule has 0 aliphatic rings. The highest BCUT2D eigenvalue weighted by molar-refractivity contribution is 6.35. The number of nitrogens with zero attached hydrogens (tertiary/aromatic N) is 2. The summed E-state index contributed by atoms with van der Waals surface area (Å²) in [5.74, 6) is 0. The summed E-state index contributed by atoms with van der Waals surface area (Å²) < 4.78 is 0. The topological polar surface area (TPSA) is 25.8 Å². The van der Waals surface area contributed by atoms with Gasteiger partial charge in [-0.3, -0.25) is 4.98 Å². The molecular formula is C10H6Cl2N2. The summed E-state index contributed by atoms with van der Waals surface area (Å²) >= 11 is 11.9. The van der Waals surface area contributed by atoms with Gasteiger partial charge in [-0.2, -0.15) is 0 Å². The van der Waals surface area contributed by atoms with Crippen molar-refractivity contribution in [2.24, 2.45) is 0 Å². The predicted octanol–water partition coefficient (Wildman–Crippen LogP) is 3.45. The standard InChI is InChI=1S/C10H6Cl2N2/c11-8-4-2-5-13-9(8)7-3-1-6-14-10(7)12/h1-6H. The maximum Gasteiger partial charge on any atom is 0.138 e. The number of hydrogen-bond acceptors (Lipinski definition) is 2. The van der Waals surface area contributed by atoms with Crippen molar-refractivity contribution in [1.82, 2.24) is 9.97 Å². The maximum atomic E-state index is 5.98. The maximum absolute atomic E-state index is 5.98. The van der Waals surface area contributed by atoms with Crippen molar-refractivity contribution in [3.05, 3.63) is 46.8 Å². The second kappa shape index (κ2) is 3.95. The molecule has 0 aromatic carbocycles. The van der Waals surface area contributed by atoms with Crippen LogP contribution in [0.3, 0.4) is 0 Å². The Morgan fingerprint density at radius 1 is 0.929 bits per heavy atom. The van der Waals surface area contributed by atoms with Gasteiger partial charge >= 0.3 is 0 Å². The molecule has 0 N–H and O–H groups in total. The Kier molecular flexibility index (Phi) is 2.66. The lowest BCUT2D eigenvalue weighted by molar-refractivity contribution is 1.28. The first-order chi connectivity index (χ1) is 6.79. The third-order valence-electron chi connectivity index (χ3n) is 1.77. The van der Waals surface area contributed by atoms with Gasteiger partial charge in [0.1, 0.15) is 5.15 Å². The first kappa shape index (κ1) is 9.44. The summed E-state index contributed by atoms with van der Waals surface area (Å²) in [4.78, 5) is 8.12. The molecule has 2 nitrogen and oxygen atoms in total. The molecule has 2 rings (SSSR count). The lowest BCUT2D eigenvalue weighted by Crippen LogP contribution is -1.86. The first-order valence-electron chi connectivity index (χ1n) is 4.00. The zero-order chi connectivity index (χ0) is 9.97. The van der Waals surface area contributed by atoms with Gasteiger partial charge < -0.3 is 0 Å². The Bertz CT molecular complexity index is 414. The van der Waals surface area contributed by atoms with Crippen molar-refractivity contribution in [2.75, 3.05) is 0 Å². The highest BCUT2D eigenvalue weighted by atomic mass is 35.5. The van der Waals surface area contributed by atoms with Crippen LogP contribution < -0.4 is 0 Å². The van der Waals surface area contributed by atoms with Gasteiger partial charge in [0, 0.05) is 18.0 Å². The van der Waals surface area contributed by atoms with Crippen LogP contribution in [0.25, 0.3) is 11.3 Å². The minimum atomic E-state index is 0.410. The molecule has 0 saturated heterocycles. The fourth-order valence-corrected chi connectivity index (χ4v) is 1.58. The Morgan fingerprint density at radius 3 is 2.36 bits per heavy atom.